The largest absolute Gasteiger partial charge is 0.377 e. The Morgan fingerprint density at radius 2 is 1.88 bits per heavy atom. The molecule has 0 bridgehead atoms. The van der Waals surface area contributed by atoms with E-state index < -0.39 is 0 Å². The Bertz CT molecular complexity index is 203. The molecule has 0 radical (unpaired) electrons. The first-order valence-corrected chi connectivity index (χ1v) is 7.40. The number of rotatable bonds is 8. The van der Waals surface area contributed by atoms with Gasteiger partial charge in [0.15, 0.2) is 0 Å². The molecule has 0 heterocycles. The van der Waals surface area contributed by atoms with Crippen molar-refractivity contribution in [1.82, 2.24) is 5.32 Å². The van der Waals surface area contributed by atoms with Crippen molar-refractivity contribution in [3.8, 4) is 0 Å². The molecule has 1 aliphatic carbocycles. The van der Waals surface area contributed by atoms with Crippen molar-refractivity contribution in [2.45, 2.75) is 77.9 Å². The summed E-state index contributed by atoms with van der Waals surface area (Å²) < 4.78 is 6.06. The first-order chi connectivity index (χ1) is 8.11. The van der Waals surface area contributed by atoms with Crippen LogP contribution in [0.1, 0.15) is 65.7 Å². The summed E-state index contributed by atoms with van der Waals surface area (Å²) in [6, 6.07) is 0.526. The van der Waals surface area contributed by atoms with E-state index in [2.05, 4.69) is 33.1 Å². The van der Waals surface area contributed by atoms with Crippen LogP contribution < -0.4 is 5.32 Å². The number of nitrogens with one attached hydrogen (secondary N) is 1. The average Bonchev–Trinajstić information content (AvgIpc) is 2.58. The number of ether oxygens (including phenoxy) is 1. The third kappa shape index (κ3) is 4.59. The second-order valence-electron chi connectivity index (χ2n) is 6.12. The Morgan fingerprint density at radius 3 is 2.53 bits per heavy atom. The van der Waals surface area contributed by atoms with E-state index in [1.165, 1.54) is 44.9 Å². The van der Waals surface area contributed by atoms with E-state index >= 15 is 0 Å². The highest BCUT2D eigenvalue weighted by molar-refractivity contribution is 4.96. The molecule has 0 aliphatic heterocycles. The Labute approximate surface area is 108 Å². The fourth-order valence-electron chi connectivity index (χ4n) is 3.04. The van der Waals surface area contributed by atoms with Gasteiger partial charge in [0.05, 0.1) is 6.10 Å². The zero-order valence-electron chi connectivity index (χ0n) is 12.2. The first-order valence-electron chi connectivity index (χ1n) is 7.40. The van der Waals surface area contributed by atoms with Gasteiger partial charge in [0.2, 0.25) is 0 Å². The fourth-order valence-corrected chi connectivity index (χ4v) is 3.04. The van der Waals surface area contributed by atoms with Gasteiger partial charge >= 0.3 is 0 Å². The van der Waals surface area contributed by atoms with E-state index in [0.29, 0.717) is 17.6 Å². The van der Waals surface area contributed by atoms with E-state index in [-0.39, 0.29) is 0 Å². The highest BCUT2D eigenvalue weighted by Crippen LogP contribution is 2.38. The molecular weight excluding hydrogens is 210 g/mol. The zero-order valence-corrected chi connectivity index (χ0v) is 12.2. The summed E-state index contributed by atoms with van der Waals surface area (Å²) >= 11 is 0. The van der Waals surface area contributed by atoms with Gasteiger partial charge in [0.1, 0.15) is 0 Å². The van der Waals surface area contributed by atoms with E-state index in [1.807, 2.05) is 0 Å². The number of hydrogen-bond acceptors (Lipinski definition) is 2. The number of unbranched alkanes of at least 4 members (excludes halogenated alkanes) is 4. The molecule has 1 rings (SSSR count). The average molecular weight is 241 g/mol. The van der Waals surface area contributed by atoms with E-state index in [1.54, 1.807) is 0 Å². The summed E-state index contributed by atoms with van der Waals surface area (Å²) in [5, 5.41) is 3.44. The molecule has 0 amide bonds. The van der Waals surface area contributed by atoms with Crippen molar-refractivity contribution < 1.29 is 4.74 Å². The molecule has 0 saturated heterocycles. The molecule has 0 aromatic carbocycles. The molecule has 2 atom stereocenters. The molecule has 1 saturated carbocycles. The topological polar surface area (TPSA) is 21.3 Å². The molecule has 0 spiro atoms. The SMILES string of the molecule is CCCCCCCOC1CCC(C)(C)C1NC. The summed E-state index contributed by atoms with van der Waals surface area (Å²) in [5.74, 6) is 0. The predicted molar refractivity (Wildman–Crippen MR) is 74.4 cm³/mol. The van der Waals surface area contributed by atoms with Crippen LogP contribution in [0.25, 0.3) is 0 Å². The van der Waals surface area contributed by atoms with Gasteiger partial charge in [0.25, 0.3) is 0 Å². The Morgan fingerprint density at radius 1 is 1.18 bits per heavy atom. The van der Waals surface area contributed by atoms with Crippen molar-refractivity contribution in [3.05, 3.63) is 0 Å². The van der Waals surface area contributed by atoms with E-state index in [9.17, 15) is 0 Å². The van der Waals surface area contributed by atoms with Gasteiger partial charge in [-0.2, -0.15) is 0 Å². The standard InChI is InChI=1S/C15H31NO/c1-5-6-7-8-9-12-17-13-10-11-15(2,3)14(13)16-4/h13-14,16H,5-12H2,1-4H3. The lowest BCUT2D eigenvalue weighted by molar-refractivity contribution is 0.0268. The third-order valence-corrected chi connectivity index (χ3v) is 4.18. The van der Waals surface area contributed by atoms with Crippen LogP contribution in [0.3, 0.4) is 0 Å². The fraction of sp³-hybridized carbons (Fsp3) is 1.00. The highest BCUT2D eigenvalue weighted by Gasteiger charge is 2.41. The van der Waals surface area contributed by atoms with E-state index in [4.69, 9.17) is 4.74 Å². The van der Waals surface area contributed by atoms with Crippen LogP contribution in [-0.2, 0) is 4.74 Å². The number of hydrogen-bond donors (Lipinski definition) is 1. The van der Waals surface area contributed by atoms with Crippen LogP contribution in [-0.4, -0.2) is 25.8 Å². The van der Waals surface area contributed by atoms with Gasteiger partial charge < -0.3 is 10.1 Å². The van der Waals surface area contributed by atoms with Gasteiger partial charge in [-0.3, -0.25) is 0 Å². The van der Waals surface area contributed by atoms with Crippen LogP contribution in [0.4, 0.5) is 0 Å². The lowest BCUT2D eigenvalue weighted by Gasteiger charge is -2.30. The normalized spacial score (nSPS) is 27.5. The van der Waals surface area contributed by atoms with Crippen LogP contribution in [0.15, 0.2) is 0 Å². The van der Waals surface area contributed by atoms with Crippen LogP contribution in [0, 0.1) is 5.41 Å². The second kappa shape index (κ2) is 7.38. The summed E-state index contributed by atoms with van der Waals surface area (Å²) in [4.78, 5) is 0. The van der Waals surface area contributed by atoms with Gasteiger partial charge in [-0.15, -0.1) is 0 Å². The number of likely N-dealkylation sites (N-methyl/N-ethyl adjacent to an activating group) is 1. The third-order valence-electron chi connectivity index (χ3n) is 4.18. The Hall–Kier alpha value is -0.0800. The summed E-state index contributed by atoms with van der Waals surface area (Å²) in [6.07, 6.45) is 9.54. The Kier molecular flexibility index (Phi) is 6.50. The van der Waals surface area contributed by atoms with E-state index in [0.717, 1.165) is 6.61 Å². The molecule has 0 aromatic heterocycles. The summed E-state index contributed by atoms with van der Waals surface area (Å²) in [6.45, 7) is 7.90. The van der Waals surface area contributed by atoms with Crippen molar-refractivity contribution in [2.24, 2.45) is 5.41 Å². The Balaban J connectivity index is 2.15. The molecule has 1 N–H and O–H groups in total. The smallest absolute Gasteiger partial charge is 0.0733 e. The molecule has 0 aromatic rings. The molecule has 2 unspecified atom stereocenters. The molecule has 1 fully saturated rings. The minimum absolute atomic E-state index is 0.391. The highest BCUT2D eigenvalue weighted by atomic mass is 16.5. The lowest BCUT2D eigenvalue weighted by Crippen LogP contribution is -2.43. The van der Waals surface area contributed by atoms with Crippen LogP contribution in [0.2, 0.25) is 0 Å². The molecule has 1 aliphatic rings. The molecule has 2 nitrogen and oxygen atoms in total. The van der Waals surface area contributed by atoms with Crippen LogP contribution in [0.5, 0.6) is 0 Å². The molecule has 102 valence electrons. The molecule has 2 heteroatoms. The zero-order chi connectivity index (χ0) is 12.7. The van der Waals surface area contributed by atoms with Gasteiger partial charge in [0, 0.05) is 12.6 Å². The van der Waals surface area contributed by atoms with Crippen molar-refractivity contribution in [1.29, 1.82) is 0 Å². The second-order valence-corrected chi connectivity index (χ2v) is 6.12. The van der Waals surface area contributed by atoms with Crippen molar-refractivity contribution in [3.63, 3.8) is 0 Å². The predicted octanol–water partition coefficient (Wildman–Crippen LogP) is 3.75. The van der Waals surface area contributed by atoms with Crippen LogP contribution >= 0.6 is 0 Å². The van der Waals surface area contributed by atoms with Crippen molar-refractivity contribution >= 4 is 0 Å². The first kappa shape index (κ1) is 15.0. The molecular formula is C15H31NO. The monoisotopic (exact) mass is 241 g/mol. The molecule has 17 heavy (non-hydrogen) atoms. The van der Waals surface area contributed by atoms with Gasteiger partial charge in [-0.05, 0) is 31.7 Å². The quantitative estimate of drug-likeness (QED) is 0.653. The van der Waals surface area contributed by atoms with Gasteiger partial charge in [-0.25, -0.2) is 0 Å². The maximum Gasteiger partial charge on any atom is 0.0733 e. The minimum Gasteiger partial charge on any atom is -0.377 e. The summed E-state index contributed by atoms with van der Waals surface area (Å²) in [7, 11) is 2.06. The maximum atomic E-state index is 6.06. The maximum absolute atomic E-state index is 6.06. The summed E-state index contributed by atoms with van der Waals surface area (Å²) in [5.41, 5.74) is 0.391. The van der Waals surface area contributed by atoms with Crippen molar-refractivity contribution in [2.75, 3.05) is 13.7 Å². The van der Waals surface area contributed by atoms with Gasteiger partial charge in [-0.1, -0.05) is 46.5 Å². The lowest BCUT2D eigenvalue weighted by atomic mass is 9.87. The minimum atomic E-state index is 0.391.